The zero-order chi connectivity index (χ0) is 20.4. The van der Waals surface area contributed by atoms with E-state index in [0.29, 0.717) is 12.8 Å². The number of carbonyl (C=O) groups excluding carboxylic acids is 2. The summed E-state index contributed by atoms with van der Waals surface area (Å²) >= 11 is 0. The highest BCUT2D eigenvalue weighted by Crippen LogP contribution is 2.13. The van der Waals surface area contributed by atoms with Crippen LogP contribution in [0.15, 0.2) is 30.3 Å². The number of nitrogens with zero attached hydrogens (tertiary/aromatic N) is 1. The smallest absolute Gasteiger partial charge is 0.419 e. The van der Waals surface area contributed by atoms with Gasteiger partial charge in [-0.2, -0.15) is 0 Å². The zero-order valence-electron chi connectivity index (χ0n) is 16.0. The topological polar surface area (TPSA) is 119 Å². The summed E-state index contributed by atoms with van der Waals surface area (Å²) in [4.78, 5) is 36.3. The van der Waals surface area contributed by atoms with Gasteiger partial charge in [0.1, 0.15) is 18.2 Å². The van der Waals surface area contributed by atoms with E-state index in [-0.39, 0.29) is 19.6 Å². The molecule has 0 unspecified atom stereocenters. The highest BCUT2D eigenvalue weighted by Gasteiger charge is 2.28. The lowest BCUT2D eigenvalue weighted by Gasteiger charge is -2.25. The number of rotatable bonds is 8. The van der Waals surface area contributed by atoms with Crippen molar-refractivity contribution in [3.63, 3.8) is 0 Å². The monoisotopic (exact) mass is 380 g/mol. The molecule has 1 rings (SSSR count). The number of hydrogen-bond donors (Lipinski definition) is 2. The highest BCUT2D eigenvalue weighted by molar-refractivity contribution is 5.87. The Morgan fingerprint density at radius 2 is 1.74 bits per heavy atom. The molecule has 0 aromatic heterocycles. The molecule has 3 N–H and O–H groups in total. The van der Waals surface area contributed by atoms with Gasteiger partial charge in [-0.3, -0.25) is 4.79 Å². The standard InChI is InChI=1S/C19H28N2O6/c1-19(2,3)27-18(25)21(12-8-7-11-15(20)16(22)23)17(24)26-13-14-9-5-4-6-10-14/h4-6,9-10,15H,7-8,11-13,20H2,1-3H3,(H,22,23)/t15-/m0/s1. The van der Waals surface area contributed by atoms with Gasteiger partial charge in [0.05, 0.1) is 0 Å². The number of unbranched alkanes of at least 4 members (excludes halogenated alkanes) is 1. The van der Waals surface area contributed by atoms with Crippen molar-refractivity contribution in [2.24, 2.45) is 5.73 Å². The summed E-state index contributed by atoms with van der Waals surface area (Å²) in [5.74, 6) is -1.08. The van der Waals surface area contributed by atoms with Crippen LogP contribution in [-0.2, 0) is 20.9 Å². The van der Waals surface area contributed by atoms with E-state index in [4.69, 9.17) is 20.3 Å². The minimum absolute atomic E-state index is 0.0306. The first-order chi connectivity index (χ1) is 12.6. The van der Waals surface area contributed by atoms with Crippen molar-refractivity contribution in [3.8, 4) is 0 Å². The van der Waals surface area contributed by atoms with Crippen molar-refractivity contribution in [1.82, 2.24) is 4.90 Å². The zero-order valence-corrected chi connectivity index (χ0v) is 16.0. The van der Waals surface area contributed by atoms with Gasteiger partial charge in [-0.25, -0.2) is 14.5 Å². The lowest BCUT2D eigenvalue weighted by Crippen LogP contribution is -2.41. The Hall–Kier alpha value is -2.61. The minimum atomic E-state index is -1.08. The lowest BCUT2D eigenvalue weighted by atomic mass is 10.1. The number of amides is 2. The number of hydrogen-bond acceptors (Lipinski definition) is 6. The molecule has 0 aliphatic carbocycles. The van der Waals surface area contributed by atoms with E-state index in [2.05, 4.69) is 0 Å². The summed E-state index contributed by atoms with van der Waals surface area (Å²) in [6, 6.07) is 8.13. The number of aliphatic carboxylic acids is 1. The number of benzene rings is 1. The molecular weight excluding hydrogens is 352 g/mol. The SMILES string of the molecule is CC(C)(C)OC(=O)N(CCCC[C@H](N)C(=O)O)C(=O)OCc1ccccc1. The molecule has 1 aromatic carbocycles. The maximum absolute atomic E-state index is 12.4. The maximum Gasteiger partial charge on any atom is 0.419 e. The first-order valence-corrected chi connectivity index (χ1v) is 8.79. The van der Waals surface area contributed by atoms with E-state index in [0.717, 1.165) is 10.5 Å². The number of carboxylic acid groups (broad SMARTS) is 1. The summed E-state index contributed by atoms with van der Waals surface area (Å²) in [6.45, 7) is 5.18. The van der Waals surface area contributed by atoms with Gasteiger partial charge in [-0.05, 0) is 45.6 Å². The molecule has 27 heavy (non-hydrogen) atoms. The van der Waals surface area contributed by atoms with E-state index in [1.54, 1.807) is 32.9 Å². The fourth-order valence-corrected chi connectivity index (χ4v) is 2.13. The van der Waals surface area contributed by atoms with Crippen LogP contribution in [0.2, 0.25) is 0 Å². The van der Waals surface area contributed by atoms with Crippen LogP contribution in [0.1, 0.15) is 45.6 Å². The maximum atomic E-state index is 12.4. The third-order valence-electron chi connectivity index (χ3n) is 3.50. The van der Waals surface area contributed by atoms with Crippen LogP contribution in [0.3, 0.4) is 0 Å². The molecular formula is C19H28N2O6. The molecule has 8 nitrogen and oxygen atoms in total. The summed E-state index contributed by atoms with van der Waals surface area (Å²) in [7, 11) is 0. The Balaban J connectivity index is 2.64. The molecule has 2 amide bonds. The molecule has 8 heteroatoms. The van der Waals surface area contributed by atoms with Crippen LogP contribution in [0.5, 0.6) is 0 Å². The summed E-state index contributed by atoms with van der Waals surface area (Å²) in [5, 5.41) is 8.79. The summed E-state index contributed by atoms with van der Waals surface area (Å²) in [6.07, 6.45) is -0.533. The summed E-state index contributed by atoms with van der Waals surface area (Å²) < 4.78 is 10.5. The summed E-state index contributed by atoms with van der Waals surface area (Å²) in [5.41, 5.74) is 5.48. The van der Waals surface area contributed by atoms with Crippen LogP contribution in [-0.4, -0.2) is 46.3 Å². The molecule has 0 fully saturated rings. The Morgan fingerprint density at radius 1 is 1.11 bits per heavy atom. The van der Waals surface area contributed by atoms with Crippen LogP contribution in [0, 0.1) is 0 Å². The predicted octanol–water partition coefficient (Wildman–Crippen LogP) is 3.14. The Morgan fingerprint density at radius 3 is 2.30 bits per heavy atom. The van der Waals surface area contributed by atoms with Gasteiger partial charge in [0.15, 0.2) is 0 Å². The molecule has 1 aromatic rings. The number of ether oxygens (including phenoxy) is 2. The van der Waals surface area contributed by atoms with Gasteiger partial charge in [-0.15, -0.1) is 0 Å². The number of imide groups is 1. The first-order valence-electron chi connectivity index (χ1n) is 8.79. The van der Waals surface area contributed by atoms with Gasteiger partial charge in [0.2, 0.25) is 0 Å². The van der Waals surface area contributed by atoms with Gasteiger partial charge in [0.25, 0.3) is 0 Å². The lowest BCUT2D eigenvalue weighted by molar-refractivity contribution is -0.138. The molecule has 150 valence electrons. The number of carbonyl (C=O) groups is 3. The van der Waals surface area contributed by atoms with E-state index in [9.17, 15) is 14.4 Å². The molecule has 0 saturated carbocycles. The fourth-order valence-electron chi connectivity index (χ4n) is 2.13. The molecule has 0 bridgehead atoms. The van der Waals surface area contributed by atoms with Crippen LogP contribution < -0.4 is 5.73 Å². The Labute approximate surface area is 159 Å². The average Bonchev–Trinajstić information content (AvgIpc) is 2.58. The molecule has 0 aliphatic rings. The van der Waals surface area contributed by atoms with E-state index in [1.807, 2.05) is 18.2 Å². The quantitative estimate of drug-likeness (QED) is 0.665. The van der Waals surface area contributed by atoms with Crippen LogP contribution in [0.4, 0.5) is 9.59 Å². The van der Waals surface area contributed by atoms with Crippen LogP contribution in [0.25, 0.3) is 0 Å². The molecule has 0 heterocycles. The first kappa shape index (κ1) is 22.4. The van der Waals surface area contributed by atoms with Gasteiger partial charge in [0, 0.05) is 6.54 Å². The Bertz CT molecular complexity index is 627. The second-order valence-electron chi connectivity index (χ2n) is 7.11. The third kappa shape index (κ3) is 9.05. The van der Waals surface area contributed by atoms with E-state index in [1.165, 1.54) is 0 Å². The van der Waals surface area contributed by atoms with E-state index < -0.39 is 29.8 Å². The van der Waals surface area contributed by atoms with Gasteiger partial charge in [-0.1, -0.05) is 30.3 Å². The van der Waals surface area contributed by atoms with Crippen molar-refractivity contribution >= 4 is 18.2 Å². The molecule has 1 atom stereocenters. The molecule has 0 saturated heterocycles. The second-order valence-corrected chi connectivity index (χ2v) is 7.11. The van der Waals surface area contributed by atoms with E-state index >= 15 is 0 Å². The van der Waals surface area contributed by atoms with Gasteiger partial charge >= 0.3 is 18.2 Å². The normalized spacial score (nSPS) is 12.1. The largest absolute Gasteiger partial charge is 0.480 e. The predicted molar refractivity (Wildman–Crippen MR) is 99.0 cm³/mol. The molecule has 0 aliphatic heterocycles. The average molecular weight is 380 g/mol. The van der Waals surface area contributed by atoms with Gasteiger partial charge < -0.3 is 20.3 Å². The molecule has 0 radical (unpaired) electrons. The van der Waals surface area contributed by atoms with Crippen molar-refractivity contribution < 1.29 is 29.0 Å². The fraction of sp³-hybridized carbons (Fsp3) is 0.526. The number of carboxylic acids is 1. The molecule has 0 spiro atoms. The highest BCUT2D eigenvalue weighted by atomic mass is 16.6. The van der Waals surface area contributed by atoms with Crippen molar-refractivity contribution in [3.05, 3.63) is 35.9 Å². The third-order valence-corrected chi connectivity index (χ3v) is 3.50. The minimum Gasteiger partial charge on any atom is -0.480 e. The second kappa shape index (κ2) is 10.5. The van der Waals surface area contributed by atoms with Crippen molar-refractivity contribution in [2.75, 3.05) is 6.54 Å². The van der Waals surface area contributed by atoms with Crippen molar-refractivity contribution in [2.45, 2.75) is 58.3 Å². The Kier molecular flexibility index (Phi) is 8.74. The van der Waals surface area contributed by atoms with Crippen molar-refractivity contribution in [1.29, 1.82) is 0 Å². The van der Waals surface area contributed by atoms with Crippen LogP contribution >= 0.6 is 0 Å². The number of nitrogens with two attached hydrogens (primary N) is 1.